The van der Waals surface area contributed by atoms with Crippen LogP contribution in [0, 0.1) is 0 Å². The number of carbonyl (C=O) groups excluding carboxylic acids is 1. The third kappa shape index (κ3) is 5.76. The van der Waals surface area contributed by atoms with E-state index in [1.807, 2.05) is 25.1 Å². The first-order valence-corrected chi connectivity index (χ1v) is 9.25. The summed E-state index contributed by atoms with van der Waals surface area (Å²) < 4.78 is 11.5. The zero-order chi connectivity index (χ0) is 18.2. The van der Waals surface area contributed by atoms with E-state index in [9.17, 15) is 4.79 Å². The molecule has 6 heteroatoms. The fraction of sp³-hybridized carbons (Fsp3) is 0.421. The van der Waals surface area contributed by atoms with Gasteiger partial charge >= 0.3 is 0 Å². The first-order valence-electron chi connectivity index (χ1n) is 8.38. The normalized spacial score (nSPS) is 11.8. The number of ether oxygens (including phenoxy) is 2. The lowest BCUT2D eigenvalue weighted by molar-refractivity contribution is -0.135. The van der Waals surface area contributed by atoms with Crippen LogP contribution in [0.1, 0.15) is 24.3 Å². The van der Waals surface area contributed by atoms with Crippen molar-refractivity contribution in [3.63, 3.8) is 0 Å². The lowest BCUT2D eigenvalue weighted by atomic mass is 10.2. The standard InChI is InChI=1S/C19H26N2O3S/c1-5-23-18-11-15(12-20-13-16-7-6-10-25-16)8-9-17(18)24-14(2)19(22)21(3)4/h6-11,14,20H,5,12-13H2,1-4H3. The molecule has 2 aromatic rings. The van der Waals surface area contributed by atoms with E-state index < -0.39 is 6.10 Å². The van der Waals surface area contributed by atoms with Gasteiger partial charge in [0.2, 0.25) is 0 Å². The Balaban J connectivity index is 2.01. The van der Waals surface area contributed by atoms with Gasteiger partial charge in [-0.2, -0.15) is 0 Å². The highest BCUT2D eigenvalue weighted by Gasteiger charge is 2.18. The number of benzene rings is 1. The zero-order valence-corrected chi connectivity index (χ0v) is 16.1. The Hall–Kier alpha value is -2.05. The molecule has 1 N–H and O–H groups in total. The van der Waals surface area contributed by atoms with Crippen LogP contribution in [-0.4, -0.2) is 37.6 Å². The SMILES string of the molecule is CCOc1cc(CNCc2cccs2)ccc1OC(C)C(=O)N(C)C. The predicted molar refractivity (Wildman–Crippen MR) is 101 cm³/mol. The number of rotatable bonds is 9. The highest BCUT2D eigenvalue weighted by Crippen LogP contribution is 2.29. The Morgan fingerprint density at radius 3 is 2.68 bits per heavy atom. The second-order valence-corrected chi connectivity index (χ2v) is 6.92. The maximum atomic E-state index is 12.0. The van der Waals surface area contributed by atoms with E-state index >= 15 is 0 Å². The second kappa shape index (κ2) is 9.44. The maximum Gasteiger partial charge on any atom is 0.262 e. The van der Waals surface area contributed by atoms with Crippen LogP contribution >= 0.6 is 11.3 Å². The minimum absolute atomic E-state index is 0.0795. The average Bonchev–Trinajstić information content (AvgIpc) is 3.09. The molecule has 0 spiro atoms. The summed E-state index contributed by atoms with van der Waals surface area (Å²) in [7, 11) is 3.43. The van der Waals surface area contributed by atoms with Crippen LogP contribution in [0.3, 0.4) is 0 Å². The summed E-state index contributed by atoms with van der Waals surface area (Å²) in [6.07, 6.45) is -0.558. The molecule has 0 saturated carbocycles. The Kier molecular flexibility index (Phi) is 7.28. The molecule has 0 saturated heterocycles. The number of likely N-dealkylation sites (N-methyl/N-ethyl adjacent to an activating group) is 1. The maximum absolute atomic E-state index is 12.0. The van der Waals surface area contributed by atoms with Gasteiger partial charge in [-0.1, -0.05) is 12.1 Å². The van der Waals surface area contributed by atoms with Crippen molar-refractivity contribution in [1.82, 2.24) is 10.2 Å². The van der Waals surface area contributed by atoms with Crippen molar-refractivity contribution in [1.29, 1.82) is 0 Å². The first kappa shape index (κ1) is 19.3. The minimum atomic E-state index is -0.558. The van der Waals surface area contributed by atoms with E-state index in [0.717, 1.165) is 18.7 Å². The molecule has 0 fully saturated rings. The summed E-state index contributed by atoms with van der Waals surface area (Å²) in [4.78, 5) is 14.8. The van der Waals surface area contributed by atoms with Gasteiger partial charge in [-0.25, -0.2) is 0 Å². The largest absolute Gasteiger partial charge is 0.490 e. The van der Waals surface area contributed by atoms with Gasteiger partial charge in [0.1, 0.15) is 0 Å². The molecule has 1 unspecified atom stereocenters. The van der Waals surface area contributed by atoms with Gasteiger partial charge in [0.15, 0.2) is 17.6 Å². The summed E-state index contributed by atoms with van der Waals surface area (Å²) in [6.45, 7) is 5.80. The first-order chi connectivity index (χ1) is 12.0. The summed E-state index contributed by atoms with van der Waals surface area (Å²) in [6, 6.07) is 9.99. The van der Waals surface area contributed by atoms with E-state index in [-0.39, 0.29) is 5.91 Å². The van der Waals surface area contributed by atoms with Gasteiger partial charge in [0.25, 0.3) is 5.91 Å². The highest BCUT2D eigenvalue weighted by atomic mass is 32.1. The van der Waals surface area contributed by atoms with E-state index in [1.54, 1.807) is 32.4 Å². The molecule has 1 atom stereocenters. The Bertz CT molecular complexity index is 671. The molecule has 1 amide bonds. The highest BCUT2D eigenvalue weighted by molar-refractivity contribution is 7.09. The monoisotopic (exact) mass is 362 g/mol. The van der Waals surface area contributed by atoms with Gasteiger partial charge in [0.05, 0.1) is 6.61 Å². The lowest BCUT2D eigenvalue weighted by Gasteiger charge is -2.20. The molecule has 0 aliphatic carbocycles. The van der Waals surface area contributed by atoms with Crippen LogP contribution in [0.25, 0.3) is 0 Å². The molecule has 0 radical (unpaired) electrons. The van der Waals surface area contributed by atoms with Gasteiger partial charge in [-0.3, -0.25) is 4.79 Å². The molecule has 2 rings (SSSR count). The fourth-order valence-corrected chi connectivity index (χ4v) is 3.05. The molecular formula is C19H26N2O3S. The number of nitrogens with zero attached hydrogens (tertiary/aromatic N) is 1. The summed E-state index contributed by atoms with van der Waals surface area (Å²) in [5, 5.41) is 5.50. The van der Waals surface area contributed by atoms with Crippen LogP contribution in [-0.2, 0) is 17.9 Å². The van der Waals surface area contributed by atoms with Crippen molar-refractivity contribution in [2.45, 2.75) is 33.0 Å². The minimum Gasteiger partial charge on any atom is -0.490 e. The van der Waals surface area contributed by atoms with Crippen molar-refractivity contribution in [2.75, 3.05) is 20.7 Å². The third-order valence-corrected chi connectivity index (χ3v) is 4.49. The molecule has 136 valence electrons. The van der Waals surface area contributed by atoms with Crippen LogP contribution < -0.4 is 14.8 Å². The van der Waals surface area contributed by atoms with Crippen molar-refractivity contribution in [3.05, 3.63) is 46.2 Å². The molecule has 1 aromatic heterocycles. The summed E-state index contributed by atoms with van der Waals surface area (Å²) in [5.41, 5.74) is 1.11. The number of hydrogen-bond donors (Lipinski definition) is 1. The third-order valence-electron chi connectivity index (χ3n) is 3.61. The number of nitrogens with one attached hydrogen (secondary N) is 1. The number of amides is 1. The molecule has 1 aromatic carbocycles. The lowest BCUT2D eigenvalue weighted by Crippen LogP contribution is -2.35. The fourth-order valence-electron chi connectivity index (χ4n) is 2.38. The van der Waals surface area contributed by atoms with Crippen LogP contribution in [0.4, 0.5) is 0 Å². The molecule has 5 nitrogen and oxygen atoms in total. The number of thiophene rings is 1. The van der Waals surface area contributed by atoms with Gasteiger partial charge in [0, 0.05) is 32.1 Å². The Morgan fingerprint density at radius 2 is 2.04 bits per heavy atom. The van der Waals surface area contributed by atoms with Gasteiger partial charge < -0.3 is 19.7 Å². The van der Waals surface area contributed by atoms with E-state index in [1.165, 1.54) is 9.78 Å². The van der Waals surface area contributed by atoms with Crippen molar-refractivity contribution in [2.24, 2.45) is 0 Å². The quantitative estimate of drug-likeness (QED) is 0.744. The predicted octanol–water partition coefficient (Wildman–Crippen LogP) is 3.29. The number of carbonyl (C=O) groups is 1. The molecule has 0 bridgehead atoms. The topological polar surface area (TPSA) is 50.8 Å². The van der Waals surface area contributed by atoms with E-state index in [0.29, 0.717) is 18.1 Å². The van der Waals surface area contributed by atoms with Crippen LogP contribution in [0.15, 0.2) is 35.7 Å². The van der Waals surface area contributed by atoms with Gasteiger partial charge in [-0.15, -0.1) is 11.3 Å². The number of hydrogen-bond acceptors (Lipinski definition) is 5. The van der Waals surface area contributed by atoms with Crippen molar-refractivity contribution in [3.8, 4) is 11.5 Å². The average molecular weight is 362 g/mol. The van der Waals surface area contributed by atoms with Crippen molar-refractivity contribution >= 4 is 17.2 Å². The van der Waals surface area contributed by atoms with Gasteiger partial charge in [-0.05, 0) is 43.0 Å². The molecular weight excluding hydrogens is 336 g/mol. The second-order valence-electron chi connectivity index (χ2n) is 5.89. The van der Waals surface area contributed by atoms with E-state index in [4.69, 9.17) is 9.47 Å². The summed E-state index contributed by atoms with van der Waals surface area (Å²) >= 11 is 1.74. The molecule has 25 heavy (non-hydrogen) atoms. The summed E-state index contributed by atoms with van der Waals surface area (Å²) in [5.74, 6) is 1.17. The van der Waals surface area contributed by atoms with Crippen molar-refractivity contribution < 1.29 is 14.3 Å². The molecule has 0 aliphatic rings. The smallest absolute Gasteiger partial charge is 0.262 e. The molecule has 0 aliphatic heterocycles. The van der Waals surface area contributed by atoms with Crippen LogP contribution in [0.2, 0.25) is 0 Å². The Labute approximate surface area is 153 Å². The van der Waals surface area contributed by atoms with E-state index in [2.05, 4.69) is 22.8 Å². The zero-order valence-electron chi connectivity index (χ0n) is 15.2. The molecule has 1 heterocycles. The van der Waals surface area contributed by atoms with Crippen LogP contribution in [0.5, 0.6) is 11.5 Å². The Morgan fingerprint density at radius 1 is 1.24 bits per heavy atom.